The lowest BCUT2D eigenvalue weighted by atomic mass is 9.90. The van der Waals surface area contributed by atoms with Gasteiger partial charge in [-0.25, -0.2) is 15.0 Å². The summed E-state index contributed by atoms with van der Waals surface area (Å²) in [4.78, 5) is 20.8. The number of benzene rings is 17. The Hall–Kier alpha value is -15.1. The molecule has 0 bridgehead atoms. The molecule has 0 unspecified atom stereocenters. The maximum atomic E-state index is 5.47. The molecule has 4 aromatic heterocycles. The van der Waals surface area contributed by atoms with Crippen LogP contribution in [0.15, 0.2) is 437 Å². The van der Waals surface area contributed by atoms with Crippen LogP contribution in [-0.2, 0) is 0 Å². The molecule has 0 aliphatic heterocycles. The summed E-state index contributed by atoms with van der Waals surface area (Å²) in [5, 5.41) is 9.16. The van der Waals surface area contributed by atoms with Crippen molar-refractivity contribution < 1.29 is 0 Å². The van der Waals surface area contributed by atoms with Crippen LogP contribution in [0.3, 0.4) is 0 Å². The fourth-order valence-corrected chi connectivity index (χ4v) is 16.3. The third-order valence-corrected chi connectivity index (χ3v) is 22.2. The van der Waals surface area contributed by atoms with Gasteiger partial charge < -0.3 is 0 Å². The Kier molecular flexibility index (Phi) is 18.0. The molecule has 0 radical (unpaired) electrons. The van der Waals surface area contributed by atoms with E-state index in [0.29, 0.717) is 0 Å². The molecule has 0 saturated carbocycles. The number of hydrogen-bond donors (Lipinski definition) is 0. The third kappa shape index (κ3) is 13.4. The van der Waals surface area contributed by atoms with E-state index in [1.165, 1.54) is 88.7 Å². The summed E-state index contributed by atoms with van der Waals surface area (Å²) < 4.78 is 0. The van der Waals surface area contributed by atoms with Crippen LogP contribution in [0.25, 0.3) is 210 Å². The maximum Gasteiger partial charge on any atom is 0.0794 e. The van der Waals surface area contributed by atoms with Crippen molar-refractivity contribution in [3.63, 3.8) is 0 Å². The molecule has 0 aliphatic carbocycles. The van der Waals surface area contributed by atoms with Gasteiger partial charge in [0.1, 0.15) is 0 Å². The molecule has 0 amide bonds. The van der Waals surface area contributed by atoms with E-state index in [4.69, 9.17) is 19.9 Å². The lowest BCUT2D eigenvalue weighted by molar-refractivity contribution is 1.39. The topological polar surface area (TPSA) is 51.6 Å². The lowest BCUT2D eigenvalue weighted by Gasteiger charge is -2.16. The van der Waals surface area contributed by atoms with Gasteiger partial charge in [-0.3, -0.25) is 4.98 Å². The number of para-hydroxylation sites is 2. The Morgan fingerprint density at radius 2 is 0.386 bits per heavy atom. The van der Waals surface area contributed by atoms with Crippen molar-refractivity contribution in [2.75, 3.05) is 0 Å². The number of nitrogens with zero attached hydrogens (tertiary/aromatic N) is 4. The van der Waals surface area contributed by atoms with Gasteiger partial charge in [0.2, 0.25) is 0 Å². The first kappa shape index (κ1) is 68.2. The molecule has 21 rings (SSSR count). The molecule has 0 N–H and O–H groups in total. The van der Waals surface area contributed by atoms with Crippen molar-refractivity contribution in [1.29, 1.82) is 0 Å². The minimum Gasteiger partial charge on any atom is -0.256 e. The van der Waals surface area contributed by atoms with Crippen LogP contribution in [-0.4, -0.2) is 19.9 Å². The number of fused-ring (bicyclic) bond motifs is 8. The van der Waals surface area contributed by atoms with Crippen LogP contribution in [0.4, 0.5) is 0 Å². The second kappa shape index (κ2) is 30.1. The molecule has 0 fully saturated rings. The van der Waals surface area contributed by atoms with Crippen molar-refractivity contribution in [2.24, 2.45) is 0 Å². The van der Waals surface area contributed by atoms with Crippen molar-refractivity contribution in [1.82, 2.24) is 19.9 Å². The number of rotatable bonds is 13. The molecule has 0 atom stereocenters. The fraction of sp³-hybridized carbons (Fsp3) is 0. The molecule has 532 valence electrons. The first-order valence-corrected chi connectivity index (χ1v) is 38.9. The summed E-state index contributed by atoms with van der Waals surface area (Å²) in [6, 6.07) is 154. The largest absolute Gasteiger partial charge is 0.256 e. The highest BCUT2D eigenvalue weighted by atomic mass is 14.7. The maximum absolute atomic E-state index is 5.47. The lowest BCUT2D eigenvalue weighted by Crippen LogP contribution is -1.94. The van der Waals surface area contributed by atoms with Gasteiger partial charge in [0.15, 0.2) is 0 Å². The van der Waals surface area contributed by atoms with Gasteiger partial charge in [-0.05, 0) is 165 Å². The zero-order valence-electron chi connectivity index (χ0n) is 62.4. The van der Waals surface area contributed by atoms with Crippen LogP contribution in [0.5, 0.6) is 0 Å². The van der Waals surface area contributed by atoms with Crippen LogP contribution in [0, 0.1) is 0 Å². The number of pyridine rings is 4. The van der Waals surface area contributed by atoms with Crippen LogP contribution < -0.4 is 0 Å². The van der Waals surface area contributed by atoms with Crippen molar-refractivity contribution in [3.8, 4) is 145 Å². The van der Waals surface area contributed by atoms with Gasteiger partial charge in [-0.1, -0.05) is 382 Å². The quantitative estimate of drug-likeness (QED) is 0.108. The molecule has 21 aromatic rings. The van der Waals surface area contributed by atoms with Gasteiger partial charge in [-0.15, -0.1) is 0 Å². The molecular formula is C110H72N4. The molecule has 4 heteroatoms. The molecular weight excluding hydrogens is 1380 g/mol. The zero-order chi connectivity index (χ0) is 75.7. The summed E-state index contributed by atoms with van der Waals surface area (Å²) in [6.45, 7) is 0. The van der Waals surface area contributed by atoms with E-state index >= 15 is 0 Å². The monoisotopic (exact) mass is 1450 g/mol. The molecule has 0 saturated heterocycles. The first-order valence-electron chi connectivity index (χ1n) is 38.9. The normalized spacial score (nSPS) is 11.3. The second-order valence-electron chi connectivity index (χ2n) is 29.1. The zero-order valence-corrected chi connectivity index (χ0v) is 62.4. The van der Waals surface area contributed by atoms with Crippen molar-refractivity contribution >= 4 is 65.2 Å². The van der Waals surface area contributed by atoms with Gasteiger partial charge in [-0.2, -0.15) is 0 Å². The summed E-state index contributed by atoms with van der Waals surface area (Å²) in [6.07, 6.45) is 1.97. The Balaban J connectivity index is 0.000000149. The number of hydrogen-bond acceptors (Lipinski definition) is 4. The predicted molar refractivity (Wildman–Crippen MR) is 480 cm³/mol. The van der Waals surface area contributed by atoms with Gasteiger partial charge >= 0.3 is 0 Å². The van der Waals surface area contributed by atoms with Crippen molar-refractivity contribution in [3.05, 3.63) is 437 Å². The Bertz CT molecular complexity index is 7100. The Morgan fingerprint density at radius 3 is 0.763 bits per heavy atom. The molecule has 4 nitrogen and oxygen atoms in total. The van der Waals surface area contributed by atoms with E-state index in [1.807, 2.05) is 12.3 Å². The third-order valence-electron chi connectivity index (χ3n) is 22.2. The van der Waals surface area contributed by atoms with E-state index in [9.17, 15) is 0 Å². The van der Waals surface area contributed by atoms with Crippen LogP contribution in [0.2, 0.25) is 0 Å². The van der Waals surface area contributed by atoms with Gasteiger partial charge in [0, 0.05) is 60.8 Å². The minimum atomic E-state index is 0.940. The fourth-order valence-electron chi connectivity index (χ4n) is 16.3. The summed E-state index contributed by atoms with van der Waals surface area (Å²) in [7, 11) is 0. The SMILES string of the molecule is c1ccc(-c2ccc(-c3cc(-c4ccc(-c5cc(-c6ccccc6)c6ccccc6n5)cc4)c4cc(-c5ccc(-c6ccccc6)cc5)c5ccccc5c4n3)cc2)cc1.c1ccc(-c2ccc(-c3cc(-c4ccc(-c5cnc6ccccc6c5)cc4)c4cc(-c5ccc(-c6ccccc6)cc5)c5ccccc5c4n3)cc2)cc1. The van der Waals surface area contributed by atoms with E-state index in [0.717, 1.165) is 122 Å². The first-order chi connectivity index (χ1) is 56.5. The number of aromatic nitrogens is 4. The summed E-state index contributed by atoms with van der Waals surface area (Å²) in [5.41, 5.74) is 33.5. The van der Waals surface area contributed by atoms with Gasteiger partial charge in [0.05, 0.1) is 39.1 Å². The molecule has 0 aliphatic rings. The molecule has 0 spiro atoms. The smallest absolute Gasteiger partial charge is 0.0794 e. The van der Waals surface area contributed by atoms with E-state index in [2.05, 4.69) is 425 Å². The standard InChI is InChI=1S/C58H38N2.C52H34N2/c1-4-14-39(15-5-1)41-24-28-44(29-25-41)51-36-54-53(45-30-34-46(35-31-45)56-37-52(43-18-8-3-9-19-43)49-21-12-13-23-55(49)59-56)38-57(60-58(54)50-22-11-10-20-48(50)51)47-32-26-42(27-33-47)40-16-6-2-7-17-40;1-3-11-35(12-4-1)37-19-25-40(26-20-37)47-32-49-48(41-27-21-39(22-28-41)44-31-43-15-7-10-18-50(43)53-34-44)33-51(54-52(49)46-17-9-8-16-45(46)47)42-29-23-38(24-30-42)36-13-5-2-6-14-36/h1-38H;1-34H. The van der Waals surface area contributed by atoms with E-state index in [1.54, 1.807) is 0 Å². The molecule has 4 heterocycles. The van der Waals surface area contributed by atoms with Crippen LogP contribution >= 0.6 is 0 Å². The van der Waals surface area contributed by atoms with Gasteiger partial charge in [0.25, 0.3) is 0 Å². The predicted octanol–water partition coefficient (Wildman–Crippen LogP) is 29.5. The highest BCUT2D eigenvalue weighted by Crippen LogP contribution is 2.45. The Morgan fingerprint density at radius 1 is 0.140 bits per heavy atom. The average Bonchev–Trinajstić information content (AvgIpc) is 0.747. The van der Waals surface area contributed by atoms with Crippen LogP contribution in [0.1, 0.15) is 0 Å². The minimum absolute atomic E-state index is 0.940. The summed E-state index contributed by atoms with van der Waals surface area (Å²) in [5.74, 6) is 0. The average molecular weight is 1450 g/mol. The van der Waals surface area contributed by atoms with E-state index < -0.39 is 0 Å². The van der Waals surface area contributed by atoms with E-state index in [-0.39, 0.29) is 0 Å². The van der Waals surface area contributed by atoms with Crippen molar-refractivity contribution in [2.45, 2.75) is 0 Å². The molecule has 17 aromatic carbocycles. The highest BCUT2D eigenvalue weighted by molar-refractivity contribution is 6.18. The molecule has 114 heavy (non-hydrogen) atoms. The second-order valence-corrected chi connectivity index (χ2v) is 29.1. The summed E-state index contributed by atoms with van der Waals surface area (Å²) >= 11 is 0. The highest BCUT2D eigenvalue weighted by Gasteiger charge is 2.21. The Labute approximate surface area is 662 Å².